The Balaban J connectivity index is 1.87. The Morgan fingerprint density at radius 2 is 1.90 bits per heavy atom. The first-order valence-electron chi connectivity index (χ1n) is 6.32. The van der Waals surface area contributed by atoms with Gasteiger partial charge in [0, 0.05) is 6.42 Å². The Labute approximate surface area is 125 Å². The van der Waals surface area contributed by atoms with Gasteiger partial charge in [-0.3, -0.25) is 9.78 Å². The molecule has 0 spiro atoms. The zero-order valence-electron chi connectivity index (χ0n) is 10.9. The van der Waals surface area contributed by atoms with Crippen molar-refractivity contribution >= 4 is 28.4 Å². The van der Waals surface area contributed by atoms with Crippen LogP contribution >= 0.6 is 11.6 Å². The van der Waals surface area contributed by atoms with Gasteiger partial charge in [0.2, 0.25) is 0 Å². The molecule has 0 aliphatic heterocycles. The van der Waals surface area contributed by atoms with Crippen molar-refractivity contribution in [3.63, 3.8) is 0 Å². The number of nitrogens with zero attached hydrogens (tertiary/aromatic N) is 2. The van der Waals surface area contributed by atoms with Crippen molar-refractivity contribution in [2.75, 3.05) is 0 Å². The summed E-state index contributed by atoms with van der Waals surface area (Å²) in [5.41, 5.74) is 2.21. The Hall–Kier alpha value is -2.33. The standard InChI is InChI=1S/C16H10ClFN2O/c17-11-6-5-10(7-12(11)18)8-16(21)15-9-19-13-3-1-2-4-14(13)20-15/h1-7,9H,8H2. The number of aromatic nitrogens is 2. The predicted molar refractivity (Wildman–Crippen MR) is 79.0 cm³/mol. The second-order valence-corrected chi connectivity index (χ2v) is 5.00. The highest BCUT2D eigenvalue weighted by Crippen LogP contribution is 2.17. The highest BCUT2D eigenvalue weighted by molar-refractivity contribution is 6.30. The van der Waals surface area contributed by atoms with Crippen LogP contribution < -0.4 is 0 Å². The molecule has 5 heteroatoms. The molecule has 0 unspecified atom stereocenters. The summed E-state index contributed by atoms with van der Waals surface area (Å²) < 4.78 is 13.4. The van der Waals surface area contributed by atoms with Gasteiger partial charge >= 0.3 is 0 Å². The van der Waals surface area contributed by atoms with E-state index in [9.17, 15) is 9.18 Å². The summed E-state index contributed by atoms with van der Waals surface area (Å²) in [6, 6.07) is 11.6. The van der Waals surface area contributed by atoms with E-state index < -0.39 is 5.82 Å². The summed E-state index contributed by atoms with van der Waals surface area (Å²) >= 11 is 5.62. The molecule has 0 fully saturated rings. The van der Waals surface area contributed by atoms with E-state index in [0.717, 1.165) is 5.52 Å². The van der Waals surface area contributed by atoms with Crippen molar-refractivity contribution < 1.29 is 9.18 Å². The lowest BCUT2D eigenvalue weighted by atomic mass is 10.1. The van der Waals surface area contributed by atoms with Gasteiger partial charge in [0.05, 0.1) is 22.3 Å². The maximum atomic E-state index is 13.4. The van der Waals surface area contributed by atoms with Gasteiger partial charge in [-0.25, -0.2) is 9.37 Å². The van der Waals surface area contributed by atoms with Crippen LogP contribution in [0.1, 0.15) is 16.1 Å². The quantitative estimate of drug-likeness (QED) is 0.690. The normalized spacial score (nSPS) is 10.8. The number of fused-ring (bicyclic) bond motifs is 1. The highest BCUT2D eigenvalue weighted by Gasteiger charge is 2.11. The van der Waals surface area contributed by atoms with Crippen LogP contribution in [0, 0.1) is 5.82 Å². The minimum Gasteiger partial charge on any atom is -0.292 e. The molecule has 0 aliphatic carbocycles. The summed E-state index contributed by atoms with van der Waals surface area (Å²) in [4.78, 5) is 20.7. The second kappa shape index (κ2) is 5.58. The lowest BCUT2D eigenvalue weighted by molar-refractivity contribution is 0.0988. The fraction of sp³-hybridized carbons (Fsp3) is 0.0625. The van der Waals surface area contributed by atoms with Gasteiger partial charge in [-0.05, 0) is 29.8 Å². The van der Waals surface area contributed by atoms with Crippen molar-refractivity contribution in [3.8, 4) is 0 Å². The van der Waals surface area contributed by atoms with Crippen LogP contribution in [0.4, 0.5) is 4.39 Å². The molecular weight excluding hydrogens is 291 g/mol. The lowest BCUT2D eigenvalue weighted by Crippen LogP contribution is -2.07. The number of para-hydroxylation sites is 2. The van der Waals surface area contributed by atoms with Crippen LogP contribution in [0.5, 0.6) is 0 Å². The number of Topliss-reactive ketones (excluding diaryl/α,β-unsaturated/α-hetero) is 1. The molecule has 0 amide bonds. The van der Waals surface area contributed by atoms with Crippen LogP contribution in [-0.2, 0) is 6.42 Å². The Bertz CT molecular complexity index is 835. The van der Waals surface area contributed by atoms with E-state index in [4.69, 9.17) is 11.6 Å². The van der Waals surface area contributed by atoms with E-state index in [1.54, 1.807) is 12.1 Å². The molecular formula is C16H10ClFN2O. The maximum absolute atomic E-state index is 13.4. The molecule has 104 valence electrons. The van der Waals surface area contributed by atoms with E-state index in [-0.39, 0.29) is 22.9 Å². The second-order valence-electron chi connectivity index (χ2n) is 4.59. The summed E-state index contributed by atoms with van der Waals surface area (Å²) in [5, 5.41) is 0.0386. The summed E-state index contributed by atoms with van der Waals surface area (Å²) in [5.74, 6) is -0.749. The largest absolute Gasteiger partial charge is 0.292 e. The van der Waals surface area contributed by atoms with Crippen LogP contribution in [0.3, 0.4) is 0 Å². The SMILES string of the molecule is O=C(Cc1ccc(Cl)c(F)c1)c1cnc2ccccc2n1. The third-order valence-electron chi connectivity index (χ3n) is 3.08. The molecule has 0 N–H and O–H groups in total. The van der Waals surface area contributed by atoms with Gasteiger partial charge in [-0.1, -0.05) is 29.8 Å². The van der Waals surface area contributed by atoms with Gasteiger partial charge in [-0.2, -0.15) is 0 Å². The zero-order valence-corrected chi connectivity index (χ0v) is 11.6. The van der Waals surface area contributed by atoms with Gasteiger partial charge < -0.3 is 0 Å². The molecule has 2 aromatic carbocycles. The number of hydrogen-bond acceptors (Lipinski definition) is 3. The predicted octanol–water partition coefficient (Wildman–Crippen LogP) is 3.85. The molecule has 0 saturated carbocycles. The Kier molecular flexibility index (Phi) is 3.62. The molecule has 0 aliphatic rings. The molecule has 3 nitrogen and oxygen atoms in total. The average molecular weight is 301 g/mol. The molecule has 3 rings (SSSR count). The van der Waals surface area contributed by atoms with Crippen LogP contribution in [0.2, 0.25) is 5.02 Å². The zero-order chi connectivity index (χ0) is 14.8. The topological polar surface area (TPSA) is 42.9 Å². The first-order chi connectivity index (χ1) is 10.1. The first kappa shape index (κ1) is 13.6. The molecule has 1 aromatic heterocycles. The number of benzene rings is 2. The molecule has 0 saturated heterocycles. The van der Waals surface area contributed by atoms with Crippen molar-refractivity contribution in [1.29, 1.82) is 0 Å². The molecule has 0 radical (unpaired) electrons. The first-order valence-corrected chi connectivity index (χ1v) is 6.70. The summed E-state index contributed by atoms with van der Waals surface area (Å²) in [6.45, 7) is 0. The van der Waals surface area contributed by atoms with Crippen molar-refractivity contribution in [2.24, 2.45) is 0 Å². The average Bonchev–Trinajstić information content (AvgIpc) is 2.50. The highest BCUT2D eigenvalue weighted by atomic mass is 35.5. The third kappa shape index (κ3) is 2.90. The minimum atomic E-state index is -0.536. The maximum Gasteiger partial charge on any atom is 0.187 e. The number of ketones is 1. The Morgan fingerprint density at radius 3 is 2.67 bits per heavy atom. The van der Waals surface area contributed by atoms with Crippen LogP contribution in [-0.4, -0.2) is 15.8 Å². The van der Waals surface area contributed by atoms with Gasteiger partial charge in [0.1, 0.15) is 11.5 Å². The van der Waals surface area contributed by atoms with Crippen LogP contribution in [0.15, 0.2) is 48.7 Å². The number of rotatable bonds is 3. The van der Waals surface area contributed by atoms with E-state index in [1.165, 1.54) is 18.3 Å². The minimum absolute atomic E-state index is 0.0386. The van der Waals surface area contributed by atoms with Gasteiger partial charge in [0.15, 0.2) is 5.78 Å². The monoisotopic (exact) mass is 300 g/mol. The van der Waals surface area contributed by atoms with E-state index in [2.05, 4.69) is 9.97 Å². The van der Waals surface area contributed by atoms with E-state index in [1.807, 2.05) is 18.2 Å². The Morgan fingerprint density at radius 1 is 1.14 bits per heavy atom. The number of halogens is 2. The van der Waals surface area contributed by atoms with E-state index in [0.29, 0.717) is 11.1 Å². The van der Waals surface area contributed by atoms with Crippen LogP contribution in [0.25, 0.3) is 11.0 Å². The molecule has 0 bridgehead atoms. The third-order valence-corrected chi connectivity index (χ3v) is 3.39. The van der Waals surface area contributed by atoms with Crippen molar-refractivity contribution in [2.45, 2.75) is 6.42 Å². The number of carbonyl (C=O) groups is 1. The van der Waals surface area contributed by atoms with E-state index >= 15 is 0 Å². The van der Waals surface area contributed by atoms with Crippen molar-refractivity contribution in [3.05, 3.63) is 70.8 Å². The molecule has 3 aromatic rings. The van der Waals surface area contributed by atoms with Crippen molar-refractivity contribution in [1.82, 2.24) is 9.97 Å². The van der Waals surface area contributed by atoms with Gasteiger partial charge in [-0.15, -0.1) is 0 Å². The fourth-order valence-corrected chi connectivity index (χ4v) is 2.13. The number of carbonyl (C=O) groups excluding carboxylic acids is 1. The smallest absolute Gasteiger partial charge is 0.187 e. The fourth-order valence-electron chi connectivity index (χ4n) is 2.02. The molecule has 0 atom stereocenters. The molecule has 1 heterocycles. The summed E-state index contributed by atoms with van der Waals surface area (Å²) in [7, 11) is 0. The van der Waals surface area contributed by atoms with Gasteiger partial charge in [0.25, 0.3) is 0 Å². The summed E-state index contributed by atoms with van der Waals surface area (Å²) in [6.07, 6.45) is 1.50. The molecule has 21 heavy (non-hydrogen) atoms. The lowest BCUT2D eigenvalue weighted by Gasteiger charge is -2.03. The number of hydrogen-bond donors (Lipinski definition) is 0.